The fourth-order valence-corrected chi connectivity index (χ4v) is 3.24. The SMILES string of the molecule is COCCOc1ccc2cc(Oc3cn4c(C(C)C)ncc4c(=O)n3C)ccc2n1. The van der Waals surface area contributed by atoms with Crippen molar-refractivity contribution in [2.24, 2.45) is 7.05 Å². The van der Waals surface area contributed by atoms with E-state index >= 15 is 0 Å². The monoisotopic (exact) mass is 408 g/mol. The van der Waals surface area contributed by atoms with E-state index in [9.17, 15) is 4.79 Å². The molecule has 4 rings (SSSR count). The lowest BCUT2D eigenvalue weighted by Crippen LogP contribution is -2.20. The summed E-state index contributed by atoms with van der Waals surface area (Å²) in [5.41, 5.74) is 1.16. The number of pyridine rings is 1. The van der Waals surface area contributed by atoms with E-state index in [1.165, 1.54) is 4.57 Å². The number of imidazole rings is 1. The minimum atomic E-state index is -0.160. The van der Waals surface area contributed by atoms with Crippen LogP contribution in [0.5, 0.6) is 17.5 Å². The van der Waals surface area contributed by atoms with Crippen molar-refractivity contribution in [2.45, 2.75) is 19.8 Å². The zero-order chi connectivity index (χ0) is 21.3. The molecular weight excluding hydrogens is 384 g/mol. The summed E-state index contributed by atoms with van der Waals surface area (Å²) in [4.78, 5) is 21.6. The number of methoxy groups -OCH3 is 1. The number of ether oxygens (including phenoxy) is 3. The van der Waals surface area contributed by atoms with Gasteiger partial charge in [0.2, 0.25) is 11.8 Å². The molecule has 0 saturated heterocycles. The summed E-state index contributed by atoms with van der Waals surface area (Å²) in [7, 11) is 3.31. The van der Waals surface area contributed by atoms with Crippen molar-refractivity contribution in [3.63, 3.8) is 0 Å². The predicted octanol–water partition coefficient (Wildman–Crippen LogP) is 3.52. The number of hydrogen-bond donors (Lipinski definition) is 0. The standard InChI is InChI=1S/C22H24N4O4/c1-14(2)21-23-12-18-22(27)25(3)20(13-26(18)21)30-16-6-7-17-15(11-16)5-8-19(24-17)29-10-9-28-4/h5-8,11-14H,9-10H2,1-4H3. The van der Waals surface area contributed by atoms with E-state index in [0.29, 0.717) is 36.2 Å². The minimum absolute atomic E-state index is 0.160. The molecule has 8 heteroatoms. The Labute approximate surface area is 173 Å². The third kappa shape index (κ3) is 3.73. The van der Waals surface area contributed by atoms with Crippen LogP contribution in [0.2, 0.25) is 0 Å². The molecule has 0 aliphatic rings. The van der Waals surface area contributed by atoms with Crippen molar-refractivity contribution < 1.29 is 14.2 Å². The van der Waals surface area contributed by atoms with E-state index in [1.807, 2.05) is 44.2 Å². The molecular formula is C22H24N4O4. The number of aromatic nitrogens is 4. The lowest BCUT2D eigenvalue weighted by Gasteiger charge is -2.13. The number of benzene rings is 1. The highest BCUT2D eigenvalue weighted by molar-refractivity contribution is 5.80. The van der Waals surface area contributed by atoms with Crippen LogP contribution in [0.1, 0.15) is 25.6 Å². The Bertz CT molecular complexity index is 1260. The van der Waals surface area contributed by atoms with E-state index in [1.54, 1.807) is 31.0 Å². The summed E-state index contributed by atoms with van der Waals surface area (Å²) in [5, 5.41) is 0.906. The van der Waals surface area contributed by atoms with Gasteiger partial charge in [-0.25, -0.2) is 9.97 Å². The molecule has 156 valence electrons. The highest BCUT2D eigenvalue weighted by Crippen LogP contribution is 2.26. The second-order valence-electron chi connectivity index (χ2n) is 7.31. The van der Waals surface area contributed by atoms with Gasteiger partial charge >= 0.3 is 0 Å². The van der Waals surface area contributed by atoms with Crippen LogP contribution in [0.25, 0.3) is 16.4 Å². The second kappa shape index (κ2) is 8.16. The van der Waals surface area contributed by atoms with Crippen molar-refractivity contribution in [1.82, 2.24) is 18.9 Å². The van der Waals surface area contributed by atoms with E-state index in [-0.39, 0.29) is 11.5 Å². The maximum absolute atomic E-state index is 12.7. The maximum Gasteiger partial charge on any atom is 0.279 e. The molecule has 8 nitrogen and oxygen atoms in total. The van der Waals surface area contributed by atoms with Gasteiger partial charge in [0, 0.05) is 31.5 Å². The first-order chi connectivity index (χ1) is 14.5. The normalized spacial score (nSPS) is 11.5. The molecule has 0 spiro atoms. The van der Waals surface area contributed by atoms with E-state index < -0.39 is 0 Å². The third-order valence-corrected chi connectivity index (χ3v) is 4.83. The Morgan fingerprint density at radius 1 is 1.13 bits per heavy atom. The van der Waals surface area contributed by atoms with Gasteiger partial charge in [-0.15, -0.1) is 0 Å². The average molecular weight is 408 g/mol. The Morgan fingerprint density at radius 3 is 2.73 bits per heavy atom. The highest BCUT2D eigenvalue weighted by atomic mass is 16.5. The van der Waals surface area contributed by atoms with Gasteiger partial charge in [-0.2, -0.15) is 0 Å². The van der Waals surface area contributed by atoms with Gasteiger partial charge in [-0.05, 0) is 24.3 Å². The molecule has 4 aromatic rings. The maximum atomic E-state index is 12.7. The van der Waals surface area contributed by atoms with Crippen LogP contribution in [0.4, 0.5) is 0 Å². The molecule has 1 aromatic carbocycles. The van der Waals surface area contributed by atoms with E-state index in [0.717, 1.165) is 16.7 Å². The number of nitrogens with zero attached hydrogens (tertiary/aromatic N) is 4. The first-order valence-corrected chi connectivity index (χ1v) is 9.75. The first kappa shape index (κ1) is 19.9. The second-order valence-corrected chi connectivity index (χ2v) is 7.31. The zero-order valence-electron chi connectivity index (χ0n) is 17.5. The largest absolute Gasteiger partial charge is 0.475 e. The summed E-state index contributed by atoms with van der Waals surface area (Å²) >= 11 is 0. The van der Waals surface area contributed by atoms with Crippen LogP contribution in [-0.4, -0.2) is 39.3 Å². The molecule has 0 aliphatic carbocycles. The summed E-state index contributed by atoms with van der Waals surface area (Å²) in [6.45, 7) is 5.02. The molecule has 3 aromatic heterocycles. The van der Waals surface area contributed by atoms with Crippen molar-refractivity contribution in [1.29, 1.82) is 0 Å². The minimum Gasteiger partial charge on any atom is -0.475 e. The van der Waals surface area contributed by atoms with Gasteiger partial charge in [-0.1, -0.05) is 13.8 Å². The van der Waals surface area contributed by atoms with Crippen molar-refractivity contribution in [3.8, 4) is 17.5 Å². The third-order valence-electron chi connectivity index (χ3n) is 4.83. The highest BCUT2D eigenvalue weighted by Gasteiger charge is 2.15. The number of hydrogen-bond acceptors (Lipinski definition) is 6. The molecule has 3 heterocycles. The molecule has 0 aliphatic heterocycles. The van der Waals surface area contributed by atoms with Gasteiger partial charge in [0.15, 0.2) is 0 Å². The van der Waals surface area contributed by atoms with Gasteiger partial charge in [-0.3, -0.25) is 13.8 Å². The molecule has 0 unspecified atom stereocenters. The molecule has 30 heavy (non-hydrogen) atoms. The molecule has 0 N–H and O–H groups in total. The van der Waals surface area contributed by atoms with Gasteiger partial charge in [0.05, 0.1) is 24.5 Å². The van der Waals surface area contributed by atoms with Gasteiger partial charge in [0.25, 0.3) is 5.56 Å². The Hall–Kier alpha value is -3.39. The topological polar surface area (TPSA) is 79.9 Å². The smallest absolute Gasteiger partial charge is 0.279 e. The Kier molecular flexibility index (Phi) is 5.41. The van der Waals surface area contributed by atoms with Crippen LogP contribution in [-0.2, 0) is 11.8 Å². The molecule has 0 fully saturated rings. The van der Waals surface area contributed by atoms with Crippen molar-refractivity contribution in [3.05, 3.63) is 58.9 Å². The average Bonchev–Trinajstić information content (AvgIpc) is 3.16. The predicted molar refractivity (Wildman–Crippen MR) is 114 cm³/mol. The van der Waals surface area contributed by atoms with Crippen molar-refractivity contribution in [2.75, 3.05) is 20.3 Å². The fourth-order valence-electron chi connectivity index (χ4n) is 3.24. The van der Waals surface area contributed by atoms with E-state index in [2.05, 4.69) is 9.97 Å². The van der Waals surface area contributed by atoms with Gasteiger partial charge < -0.3 is 14.2 Å². The molecule has 0 saturated carbocycles. The molecule has 0 radical (unpaired) electrons. The Morgan fingerprint density at radius 2 is 1.97 bits per heavy atom. The van der Waals surface area contributed by atoms with Gasteiger partial charge in [0.1, 0.15) is 23.7 Å². The summed E-state index contributed by atoms with van der Waals surface area (Å²) in [6, 6.07) is 9.30. The van der Waals surface area contributed by atoms with Crippen LogP contribution in [0.15, 0.2) is 47.5 Å². The lowest BCUT2D eigenvalue weighted by atomic mass is 10.2. The molecule has 0 amide bonds. The molecule has 0 bridgehead atoms. The summed E-state index contributed by atoms with van der Waals surface area (Å²) in [6.07, 6.45) is 3.41. The number of rotatable bonds is 7. The summed E-state index contributed by atoms with van der Waals surface area (Å²) in [5.74, 6) is 2.58. The van der Waals surface area contributed by atoms with Crippen LogP contribution in [0.3, 0.4) is 0 Å². The quantitative estimate of drug-likeness (QED) is 0.435. The first-order valence-electron chi connectivity index (χ1n) is 9.75. The summed E-state index contributed by atoms with van der Waals surface area (Å²) < 4.78 is 19.9. The van der Waals surface area contributed by atoms with E-state index in [4.69, 9.17) is 14.2 Å². The molecule has 0 atom stereocenters. The van der Waals surface area contributed by atoms with Crippen LogP contribution >= 0.6 is 0 Å². The van der Waals surface area contributed by atoms with Crippen LogP contribution < -0.4 is 15.0 Å². The fraction of sp³-hybridized carbons (Fsp3) is 0.318. The Balaban J connectivity index is 1.65. The lowest BCUT2D eigenvalue weighted by molar-refractivity contribution is 0.144. The van der Waals surface area contributed by atoms with Crippen LogP contribution in [0, 0.1) is 0 Å². The van der Waals surface area contributed by atoms with Crippen molar-refractivity contribution >= 4 is 16.4 Å². The zero-order valence-corrected chi connectivity index (χ0v) is 17.5. The number of fused-ring (bicyclic) bond motifs is 2.